The number of halogens is 2. The normalized spacial score (nSPS) is 11.8. The zero-order valence-corrected chi connectivity index (χ0v) is 25.0. The van der Waals surface area contributed by atoms with E-state index in [4.69, 9.17) is 20.9 Å². The van der Waals surface area contributed by atoms with Crippen molar-refractivity contribution in [2.45, 2.75) is 53.0 Å². The number of hydrogen-bond acceptors (Lipinski definition) is 4. The van der Waals surface area contributed by atoms with Crippen LogP contribution in [0.5, 0.6) is 11.5 Å². The Morgan fingerprint density at radius 2 is 0.975 bits per heavy atom. The van der Waals surface area contributed by atoms with Gasteiger partial charge in [-0.05, 0) is 63.1 Å². The molecule has 0 heterocycles. The van der Waals surface area contributed by atoms with Crippen molar-refractivity contribution < 1.29 is 9.47 Å². The predicted octanol–water partition coefficient (Wildman–Crippen LogP) is 7.07. The van der Waals surface area contributed by atoms with Crippen LogP contribution in [0.1, 0.15) is 49.9 Å². The first-order chi connectivity index (χ1) is 18.3. The molecule has 0 aliphatic rings. The number of fused-ring (bicyclic) bond motifs is 1. The van der Waals surface area contributed by atoms with Gasteiger partial charge in [-0.1, -0.05) is 60.7 Å². The van der Waals surface area contributed by atoms with Crippen molar-refractivity contribution in [1.82, 2.24) is 0 Å². The lowest BCUT2D eigenvalue weighted by atomic mass is 10.1. The molecule has 0 aliphatic heterocycles. The monoisotopic (exact) mass is 580 g/mol. The molecule has 4 N–H and O–H groups in total. The summed E-state index contributed by atoms with van der Waals surface area (Å²) in [6.07, 6.45) is 0. The molecule has 0 spiro atoms. The third-order valence-electron chi connectivity index (χ3n) is 5.87. The van der Waals surface area contributed by atoms with E-state index in [1.807, 2.05) is 113 Å². The molecular formula is C32H38Cl2N4O2. The number of ether oxygens (including phenoxy) is 2. The predicted molar refractivity (Wildman–Crippen MR) is 172 cm³/mol. The van der Waals surface area contributed by atoms with E-state index in [-0.39, 0.29) is 36.9 Å². The van der Waals surface area contributed by atoms with E-state index in [2.05, 4.69) is 9.98 Å². The zero-order chi connectivity index (χ0) is 27.1. The average molecular weight is 582 g/mol. The molecule has 0 amide bonds. The summed E-state index contributed by atoms with van der Waals surface area (Å²) in [5.74, 6) is 2.66. The average Bonchev–Trinajstić information content (AvgIpc) is 2.90. The van der Waals surface area contributed by atoms with E-state index in [0.29, 0.717) is 24.9 Å². The Balaban J connectivity index is 0.00000280. The van der Waals surface area contributed by atoms with Crippen LogP contribution in [0, 0.1) is 0 Å². The fraction of sp³-hybridized carbons (Fsp3) is 0.250. The fourth-order valence-corrected chi connectivity index (χ4v) is 4.17. The molecule has 8 heteroatoms. The summed E-state index contributed by atoms with van der Waals surface area (Å²) in [5.41, 5.74) is 16.2. The van der Waals surface area contributed by atoms with Gasteiger partial charge in [0.15, 0.2) is 0 Å². The van der Waals surface area contributed by atoms with Crippen LogP contribution in [-0.2, 0) is 13.2 Å². The first-order valence-corrected chi connectivity index (χ1v) is 12.9. The van der Waals surface area contributed by atoms with Crippen molar-refractivity contribution in [2.75, 3.05) is 0 Å². The number of hydrogen-bond donors (Lipinski definition) is 2. The largest absolute Gasteiger partial charge is 0.488 e. The van der Waals surface area contributed by atoms with Gasteiger partial charge in [0.2, 0.25) is 0 Å². The lowest BCUT2D eigenvalue weighted by Crippen LogP contribution is -2.16. The second-order valence-electron chi connectivity index (χ2n) is 9.80. The summed E-state index contributed by atoms with van der Waals surface area (Å²) >= 11 is 0. The molecule has 4 rings (SSSR count). The molecule has 40 heavy (non-hydrogen) atoms. The van der Waals surface area contributed by atoms with Gasteiger partial charge in [0.25, 0.3) is 0 Å². The smallest absolute Gasteiger partial charge is 0.127 e. The molecular weight excluding hydrogens is 543 g/mol. The summed E-state index contributed by atoms with van der Waals surface area (Å²) < 4.78 is 12.5. The van der Waals surface area contributed by atoms with Crippen LogP contribution in [0.4, 0.5) is 0 Å². The van der Waals surface area contributed by atoms with Crippen molar-refractivity contribution in [3.8, 4) is 11.5 Å². The molecule has 0 saturated heterocycles. The van der Waals surface area contributed by atoms with Crippen LogP contribution in [0.15, 0.2) is 94.9 Å². The van der Waals surface area contributed by atoms with E-state index in [9.17, 15) is 0 Å². The Morgan fingerprint density at radius 3 is 1.35 bits per heavy atom. The van der Waals surface area contributed by atoms with Crippen molar-refractivity contribution in [1.29, 1.82) is 0 Å². The van der Waals surface area contributed by atoms with Crippen LogP contribution in [-0.4, -0.2) is 23.8 Å². The maximum absolute atomic E-state index is 6.25. The highest BCUT2D eigenvalue weighted by molar-refractivity contribution is 5.98. The van der Waals surface area contributed by atoms with Gasteiger partial charge < -0.3 is 20.9 Å². The summed E-state index contributed by atoms with van der Waals surface area (Å²) in [4.78, 5) is 8.90. The minimum absolute atomic E-state index is 0. The summed E-state index contributed by atoms with van der Waals surface area (Å²) in [5, 5.41) is 1.98. The highest BCUT2D eigenvalue weighted by atomic mass is 35.5. The standard InChI is InChI=1S/C32H36N4O2.2ClH/c1-21(2)35-31(33)25-11-5-9-23(17-25)19-37-29-15-7-14-28-27(29)13-8-16-30(28)38-20-24-10-6-12-26(18-24)32(34)36-22(3)4;;/h5-18,21-22H,19-20H2,1-4H3,(H2,33,35)(H2,34,36);2*1H. The molecule has 212 valence electrons. The lowest BCUT2D eigenvalue weighted by Gasteiger charge is -2.14. The highest BCUT2D eigenvalue weighted by Crippen LogP contribution is 2.33. The number of aliphatic imine (C=N–C) groups is 2. The summed E-state index contributed by atoms with van der Waals surface area (Å²) in [7, 11) is 0. The van der Waals surface area contributed by atoms with Gasteiger partial charge in [0.1, 0.15) is 36.4 Å². The molecule has 0 fully saturated rings. The maximum atomic E-state index is 6.25. The first kappa shape index (κ1) is 32.5. The van der Waals surface area contributed by atoms with Gasteiger partial charge in [0.05, 0.1) is 0 Å². The van der Waals surface area contributed by atoms with E-state index < -0.39 is 0 Å². The second-order valence-corrected chi connectivity index (χ2v) is 9.80. The molecule has 0 atom stereocenters. The molecule has 0 aliphatic carbocycles. The Bertz CT molecular complexity index is 1360. The van der Waals surface area contributed by atoms with Crippen LogP contribution in [0.3, 0.4) is 0 Å². The van der Waals surface area contributed by atoms with Crippen LogP contribution >= 0.6 is 24.8 Å². The lowest BCUT2D eigenvalue weighted by molar-refractivity contribution is 0.306. The number of rotatable bonds is 10. The van der Waals surface area contributed by atoms with E-state index in [1.165, 1.54) is 0 Å². The fourth-order valence-electron chi connectivity index (χ4n) is 4.17. The van der Waals surface area contributed by atoms with Gasteiger partial charge >= 0.3 is 0 Å². The Hall–Kier alpha value is -3.74. The van der Waals surface area contributed by atoms with Crippen LogP contribution in [0.2, 0.25) is 0 Å². The number of amidine groups is 2. The Labute approximate surface area is 249 Å². The highest BCUT2D eigenvalue weighted by Gasteiger charge is 2.09. The van der Waals surface area contributed by atoms with E-state index in [1.54, 1.807) is 0 Å². The Kier molecular flexibility index (Phi) is 12.3. The first-order valence-electron chi connectivity index (χ1n) is 12.9. The SMILES string of the molecule is CC(C)N=C(N)c1cccc(COc2cccc3c(OCc4cccc(C(N)=NC(C)C)c4)cccc23)c1.Cl.Cl. The van der Waals surface area contributed by atoms with Crippen LogP contribution in [0.25, 0.3) is 10.8 Å². The quantitative estimate of drug-likeness (QED) is 0.155. The van der Waals surface area contributed by atoms with Crippen LogP contribution < -0.4 is 20.9 Å². The van der Waals surface area contributed by atoms with Gasteiger partial charge in [-0.25, -0.2) is 0 Å². The Morgan fingerprint density at radius 1 is 0.600 bits per heavy atom. The molecule has 0 bridgehead atoms. The van der Waals surface area contributed by atoms with E-state index in [0.717, 1.165) is 44.5 Å². The molecule has 0 radical (unpaired) electrons. The molecule has 0 aromatic heterocycles. The maximum Gasteiger partial charge on any atom is 0.127 e. The second kappa shape index (κ2) is 15.2. The summed E-state index contributed by atoms with van der Waals surface area (Å²) in [6.45, 7) is 8.86. The van der Waals surface area contributed by atoms with Gasteiger partial charge in [-0.3, -0.25) is 9.98 Å². The van der Waals surface area contributed by atoms with Crippen molar-refractivity contribution >= 4 is 47.3 Å². The minimum atomic E-state index is 0. The molecule has 4 aromatic carbocycles. The summed E-state index contributed by atoms with van der Waals surface area (Å²) in [6, 6.07) is 28.3. The minimum Gasteiger partial charge on any atom is -0.488 e. The molecule has 4 aromatic rings. The molecule has 6 nitrogen and oxygen atoms in total. The van der Waals surface area contributed by atoms with Gasteiger partial charge in [-0.15, -0.1) is 24.8 Å². The van der Waals surface area contributed by atoms with Gasteiger partial charge in [-0.2, -0.15) is 0 Å². The van der Waals surface area contributed by atoms with Crippen molar-refractivity contribution in [3.05, 3.63) is 107 Å². The number of benzene rings is 4. The number of nitrogens with zero attached hydrogens (tertiary/aromatic N) is 2. The van der Waals surface area contributed by atoms with Crippen molar-refractivity contribution in [3.63, 3.8) is 0 Å². The third-order valence-corrected chi connectivity index (χ3v) is 5.87. The van der Waals surface area contributed by atoms with Crippen molar-refractivity contribution in [2.24, 2.45) is 21.5 Å². The third kappa shape index (κ3) is 8.63. The van der Waals surface area contributed by atoms with Gasteiger partial charge in [0, 0.05) is 34.0 Å². The molecule has 0 saturated carbocycles. The van der Waals surface area contributed by atoms with E-state index >= 15 is 0 Å². The molecule has 0 unspecified atom stereocenters. The zero-order valence-electron chi connectivity index (χ0n) is 23.3. The topological polar surface area (TPSA) is 95.2 Å². The number of nitrogens with two attached hydrogens (primary N) is 2.